The molecule has 3 aromatic rings. The fourth-order valence-electron chi connectivity index (χ4n) is 3.10. The van der Waals surface area contributed by atoms with Gasteiger partial charge in [-0.25, -0.2) is 9.97 Å². The highest BCUT2D eigenvalue weighted by Crippen LogP contribution is 2.27. The van der Waals surface area contributed by atoms with Crippen LogP contribution in [0.1, 0.15) is 6.92 Å². The zero-order chi connectivity index (χ0) is 16.5. The van der Waals surface area contributed by atoms with Crippen molar-refractivity contribution >= 4 is 22.5 Å². The van der Waals surface area contributed by atoms with Gasteiger partial charge in [0.25, 0.3) is 0 Å². The Labute approximate surface area is 139 Å². The summed E-state index contributed by atoms with van der Waals surface area (Å²) in [4.78, 5) is 13.4. The normalized spacial score (nSPS) is 16.0. The Morgan fingerprint density at radius 3 is 2.58 bits per heavy atom. The number of piperazine rings is 1. The number of nitrogen functional groups attached to an aromatic ring is 1. The van der Waals surface area contributed by atoms with Crippen molar-refractivity contribution in [1.82, 2.24) is 29.9 Å². The standard InChI is InChI=1S/C16H20N8/c1-2-22-7-9-23(10-8-22)15-14(17)16(19-11-18-15)24-13-6-4-3-5-12(13)20-21-24/h3-6,11H,2,7-10,17H2,1H3. The highest BCUT2D eigenvalue weighted by molar-refractivity contribution is 5.79. The first-order valence-corrected chi connectivity index (χ1v) is 8.16. The fraction of sp³-hybridized carbons (Fsp3) is 0.375. The van der Waals surface area contributed by atoms with Crippen molar-refractivity contribution in [2.75, 3.05) is 43.4 Å². The molecule has 2 N–H and O–H groups in total. The molecule has 0 radical (unpaired) electrons. The van der Waals surface area contributed by atoms with Gasteiger partial charge in [0.1, 0.15) is 17.5 Å². The lowest BCUT2D eigenvalue weighted by atomic mass is 10.3. The molecule has 3 heterocycles. The number of likely N-dealkylation sites (N-methyl/N-ethyl adjacent to an activating group) is 1. The van der Waals surface area contributed by atoms with Gasteiger partial charge in [-0.05, 0) is 18.7 Å². The molecular weight excluding hydrogens is 304 g/mol. The molecule has 24 heavy (non-hydrogen) atoms. The number of anilines is 2. The Bertz CT molecular complexity index is 850. The number of benzene rings is 1. The van der Waals surface area contributed by atoms with E-state index in [1.807, 2.05) is 24.3 Å². The Morgan fingerprint density at radius 2 is 1.79 bits per heavy atom. The second kappa shape index (κ2) is 6.04. The van der Waals surface area contributed by atoms with E-state index in [0.29, 0.717) is 11.5 Å². The molecule has 1 aliphatic rings. The second-order valence-corrected chi connectivity index (χ2v) is 5.85. The van der Waals surface area contributed by atoms with Crippen LogP contribution in [0.25, 0.3) is 16.9 Å². The number of nitrogens with zero attached hydrogens (tertiary/aromatic N) is 7. The molecule has 0 aliphatic carbocycles. The van der Waals surface area contributed by atoms with Gasteiger partial charge in [0, 0.05) is 26.2 Å². The van der Waals surface area contributed by atoms with E-state index in [0.717, 1.165) is 49.6 Å². The third-order valence-electron chi connectivity index (χ3n) is 4.51. The van der Waals surface area contributed by atoms with E-state index in [2.05, 4.69) is 37.0 Å². The fourth-order valence-corrected chi connectivity index (χ4v) is 3.10. The molecule has 0 bridgehead atoms. The highest BCUT2D eigenvalue weighted by Gasteiger charge is 2.21. The number of aromatic nitrogens is 5. The molecule has 8 nitrogen and oxygen atoms in total. The number of para-hydroxylation sites is 1. The molecule has 0 unspecified atom stereocenters. The van der Waals surface area contributed by atoms with Crippen LogP contribution >= 0.6 is 0 Å². The van der Waals surface area contributed by atoms with Gasteiger partial charge in [-0.2, -0.15) is 4.68 Å². The van der Waals surface area contributed by atoms with Gasteiger partial charge < -0.3 is 15.5 Å². The van der Waals surface area contributed by atoms with Crippen LogP contribution < -0.4 is 10.6 Å². The van der Waals surface area contributed by atoms with E-state index in [1.54, 1.807) is 11.0 Å². The average molecular weight is 324 g/mol. The minimum Gasteiger partial charge on any atom is -0.393 e. The van der Waals surface area contributed by atoms with Crippen molar-refractivity contribution in [3.8, 4) is 5.82 Å². The summed E-state index contributed by atoms with van der Waals surface area (Å²) in [6.45, 7) is 7.11. The monoisotopic (exact) mass is 324 g/mol. The Hall–Kier alpha value is -2.74. The van der Waals surface area contributed by atoms with Crippen LogP contribution in [0.4, 0.5) is 11.5 Å². The maximum Gasteiger partial charge on any atom is 0.184 e. The third kappa shape index (κ3) is 2.44. The number of hydrogen-bond donors (Lipinski definition) is 1. The van der Waals surface area contributed by atoms with Crippen LogP contribution in [-0.2, 0) is 0 Å². The number of rotatable bonds is 3. The summed E-state index contributed by atoms with van der Waals surface area (Å²) in [6, 6.07) is 7.76. The summed E-state index contributed by atoms with van der Waals surface area (Å²) in [5, 5.41) is 8.38. The molecule has 2 aromatic heterocycles. The molecule has 1 fully saturated rings. The minimum absolute atomic E-state index is 0.540. The van der Waals surface area contributed by atoms with Crippen molar-refractivity contribution in [1.29, 1.82) is 0 Å². The SMILES string of the molecule is CCN1CCN(c2ncnc(-n3nnc4ccccc43)c2N)CC1. The maximum absolute atomic E-state index is 6.39. The Kier molecular flexibility index (Phi) is 3.73. The first-order chi connectivity index (χ1) is 11.8. The summed E-state index contributed by atoms with van der Waals surface area (Å²) in [7, 11) is 0. The van der Waals surface area contributed by atoms with Crippen LogP contribution in [0.15, 0.2) is 30.6 Å². The molecule has 8 heteroatoms. The Morgan fingerprint density at radius 1 is 1.04 bits per heavy atom. The summed E-state index contributed by atoms with van der Waals surface area (Å²) in [5.41, 5.74) is 8.63. The van der Waals surface area contributed by atoms with Crippen molar-refractivity contribution in [3.63, 3.8) is 0 Å². The van der Waals surface area contributed by atoms with Gasteiger partial charge in [-0.1, -0.05) is 24.3 Å². The van der Waals surface area contributed by atoms with Gasteiger partial charge >= 0.3 is 0 Å². The van der Waals surface area contributed by atoms with Crippen molar-refractivity contribution in [2.45, 2.75) is 6.92 Å². The van der Waals surface area contributed by atoms with Gasteiger partial charge in [0.15, 0.2) is 11.6 Å². The smallest absolute Gasteiger partial charge is 0.184 e. The van der Waals surface area contributed by atoms with E-state index >= 15 is 0 Å². The molecule has 0 atom stereocenters. The summed E-state index contributed by atoms with van der Waals surface area (Å²) in [5.74, 6) is 1.35. The molecule has 0 spiro atoms. The van der Waals surface area contributed by atoms with Crippen molar-refractivity contribution in [3.05, 3.63) is 30.6 Å². The van der Waals surface area contributed by atoms with Crippen LogP contribution in [0, 0.1) is 0 Å². The van der Waals surface area contributed by atoms with Gasteiger partial charge in [0.05, 0.1) is 5.52 Å². The highest BCUT2D eigenvalue weighted by atomic mass is 15.4. The first kappa shape index (κ1) is 14.8. The van der Waals surface area contributed by atoms with E-state index in [9.17, 15) is 0 Å². The van der Waals surface area contributed by atoms with Crippen LogP contribution in [0.5, 0.6) is 0 Å². The molecule has 1 aromatic carbocycles. The van der Waals surface area contributed by atoms with Gasteiger partial charge in [-0.15, -0.1) is 5.10 Å². The second-order valence-electron chi connectivity index (χ2n) is 5.85. The third-order valence-corrected chi connectivity index (χ3v) is 4.51. The molecule has 0 amide bonds. The quantitative estimate of drug-likeness (QED) is 0.766. The largest absolute Gasteiger partial charge is 0.393 e. The zero-order valence-electron chi connectivity index (χ0n) is 13.6. The molecule has 1 saturated heterocycles. The van der Waals surface area contributed by atoms with E-state index < -0.39 is 0 Å². The topological polar surface area (TPSA) is 89.0 Å². The number of hydrogen-bond acceptors (Lipinski definition) is 7. The van der Waals surface area contributed by atoms with E-state index in [-0.39, 0.29) is 0 Å². The van der Waals surface area contributed by atoms with Crippen molar-refractivity contribution < 1.29 is 0 Å². The minimum atomic E-state index is 0.540. The predicted octanol–water partition coefficient (Wildman–Crippen LogP) is 0.935. The van der Waals surface area contributed by atoms with Gasteiger partial charge in [0.2, 0.25) is 0 Å². The lowest BCUT2D eigenvalue weighted by molar-refractivity contribution is 0.270. The summed E-state index contributed by atoms with van der Waals surface area (Å²) in [6.07, 6.45) is 1.55. The van der Waals surface area contributed by atoms with Crippen LogP contribution in [-0.4, -0.2) is 62.6 Å². The summed E-state index contributed by atoms with van der Waals surface area (Å²) >= 11 is 0. The molecule has 1 aliphatic heterocycles. The number of nitrogens with two attached hydrogens (primary N) is 1. The lowest BCUT2D eigenvalue weighted by Crippen LogP contribution is -2.46. The Balaban J connectivity index is 1.71. The first-order valence-electron chi connectivity index (χ1n) is 8.16. The van der Waals surface area contributed by atoms with Crippen molar-refractivity contribution in [2.24, 2.45) is 0 Å². The maximum atomic E-state index is 6.39. The molecule has 4 rings (SSSR count). The van der Waals surface area contributed by atoms with Gasteiger partial charge in [-0.3, -0.25) is 0 Å². The van der Waals surface area contributed by atoms with Crippen LogP contribution in [0.2, 0.25) is 0 Å². The van der Waals surface area contributed by atoms with E-state index in [1.165, 1.54) is 0 Å². The molecular formula is C16H20N8. The average Bonchev–Trinajstić information content (AvgIpc) is 3.06. The number of fused-ring (bicyclic) bond motifs is 1. The van der Waals surface area contributed by atoms with E-state index in [4.69, 9.17) is 5.73 Å². The molecule has 124 valence electrons. The summed E-state index contributed by atoms with van der Waals surface area (Å²) < 4.78 is 1.68. The predicted molar refractivity (Wildman–Crippen MR) is 93.2 cm³/mol. The zero-order valence-corrected chi connectivity index (χ0v) is 13.6. The molecule has 0 saturated carbocycles. The lowest BCUT2D eigenvalue weighted by Gasteiger charge is -2.35. The van der Waals surface area contributed by atoms with Crippen LogP contribution in [0.3, 0.4) is 0 Å².